The Morgan fingerprint density at radius 3 is 1.78 bits per heavy atom. The van der Waals surface area contributed by atoms with Crippen molar-refractivity contribution in [1.29, 1.82) is 0 Å². The van der Waals surface area contributed by atoms with E-state index in [-0.39, 0.29) is 46.0 Å². The van der Waals surface area contributed by atoms with E-state index in [4.69, 9.17) is 15.4 Å². The highest BCUT2D eigenvalue weighted by Gasteiger charge is 2.19. The van der Waals surface area contributed by atoms with E-state index in [0.29, 0.717) is 5.69 Å². The Hall–Kier alpha value is -6.06. The monoisotopic (exact) mass is 582 g/mol. The Labute approximate surface area is 270 Å². The molecule has 3 aromatic heterocycles. The molecule has 0 aliphatic rings. The first-order valence-corrected chi connectivity index (χ1v) is 14.7. The first-order chi connectivity index (χ1) is 25.7. The molecule has 3 nitrogen and oxygen atoms in total. The first kappa shape index (κ1) is 17.9. The third-order valence-electron chi connectivity index (χ3n) is 8.75. The lowest BCUT2D eigenvalue weighted by Crippen LogP contribution is -1.96. The molecule has 45 heavy (non-hydrogen) atoms. The van der Waals surface area contributed by atoms with Crippen LogP contribution in [0, 0.1) is 0 Å². The van der Waals surface area contributed by atoms with Crippen molar-refractivity contribution in [3.63, 3.8) is 0 Å². The first-order valence-electron chi connectivity index (χ1n) is 18.7. The van der Waals surface area contributed by atoms with E-state index in [0.717, 1.165) is 60.6 Å². The van der Waals surface area contributed by atoms with Gasteiger partial charge in [0.2, 0.25) is 0 Å². The summed E-state index contributed by atoms with van der Waals surface area (Å²) < 4.78 is 79.4. The molecular formula is C42H26N2O. The highest BCUT2D eigenvalue weighted by Crippen LogP contribution is 2.41. The summed E-state index contributed by atoms with van der Waals surface area (Å²) in [5, 5.41) is 4.34. The van der Waals surface area contributed by atoms with Crippen LogP contribution in [-0.4, -0.2) is 9.13 Å². The van der Waals surface area contributed by atoms with E-state index in [1.54, 1.807) is 10.6 Å². The van der Waals surface area contributed by atoms with Gasteiger partial charge in [0.05, 0.1) is 33.0 Å². The van der Waals surface area contributed by atoms with Crippen LogP contribution in [0.3, 0.4) is 0 Å². The van der Waals surface area contributed by atoms with Gasteiger partial charge in [-0.2, -0.15) is 0 Å². The Bertz CT molecular complexity index is 3150. The standard InChI is InChI=1S/C42H26N2O/c1-5-19-37-31(15-1)32-16-2-6-20-38(32)43(37)29-13-9-11-27(25-29)28-12-10-14-30(26-28)44-39-21-7-3-17-33(39)35-23-24-36-34-18-4-8-22-40(34)45-42(36)41(35)44/h1-26H/i1D,2D,5D,6D,15D,16D,19D,20D. The molecule has 0 bridgehead atoms. The number of nitrogens with zero attached hydrogens (tertiary/aromatic N) is 2. The van der Waals surface area contributed by atoms with Crippen LogP contribution < -0.4 is 0 Å². The molecule has 0 radical (unpaired) electrons. The minimum Gasteiger partial charge on any atom is -0.454 e. The second-order valence-electron chi connectivity index (χ2n) is 11.2. The lowest BCUT2D eigenvalue weighted by Gasteiger charge is -2.13. The lowest BCUT2D eigenvalue weighted by atomic mass is 10.0. The van der Waals surface area contributed by atoms with Crippen LogP contribution in [0.15, 0.2) is 162 Å². The summed E-state index contributed by atoms with van der Waals surface area (Å²) in [6.45, 7) is 0. The van der Waals surface area contributed by atoms with Crippen LogP contribution in [-0.2, 0) is 0 Å². The fourth-order valence-electron chi connectivity index (χ4n) is 6.83. The van der Waals surface area contributed by atoms with Gasteiger partial charge in [0.25, 0.3) is 0 Å². The fourth-order valence-corrected chi connectivity index (χ4v) is 6.83. The smallest absolute Gasteiger partial charge is 0.160 e. The molecule has 0 fully saturated rings. The largest absolute Gasteiger partial charge is 0.454 e. The Morgan fingerprint density at radius 2 is 1.04 bits per heavy atom. The summed E-state index contributed by atoms with van der Waals surface area (Å²) in [4.78, 5) is 0. The second-order valence-corrected chi connectivity index (χ2v) is 11.2. The molecule has 210 valence electrons. The predicted molar refractivity (Wildman–Crippen MR) is 188 cm³/mol. The number of rotatable bonds is 3. The highest BCUT2D eigenvalue weighted by atomic mass is 16.3. The summed E-state index contributed by atoms with van der Waals surface area (Å²) in [7, 11) is 0. The van der Waals surface area contributed by atoms with Gasteiger partial charge in [-0.3, -0.25) is 0 Å². The summed E-state index contributed by atoms with van der Waals surface area (Å²) in [6, 6.07) is 33.0. The molecule has 3 heteroatoms. The van der Waals surface area contributed by atoms with E-state index in [1.165, 1.54) is 0 Å². The zero-order valence-corrected chi connectivity index (χ0v) is 23.7. The molecule has 0 aliphatic heterocycles. The van der Waals surface area contributed by atoms with Crippen molar-refractivity contribution in [2.75, 3.05) is 0 Å². The van der Waals surface area contributed by atoms with Crippen molar-refractivity contribution >= 4 is 65.6 Å². The number of hydrogen-bond acceptors (Lipinski definition) is 1. The maximum absolute atomic E-state index is 8.91. The topological polar surface area (TPSA) is 23.0 Å². The lowest BCUT2D eigenvalue weighted by molar-refractivity contribution is 0.671. The van der Waals surface area contributed by atoms with Crippen LogP contribution in [0.1, 0.15) is 11.0 Å². The zero-order chi connectivity index (χ0) is 36.4. The minimum absolute atomic E-state index is 0.0497. The van der Waals surface area contributed by atoms with E-state index in [9.17, 15) is 0 Å². The van der Waals surface area contributed by atoms with Crippen LogP contribution in [0.5, 0.6) is 0 Å². The van der Waals surface area contributed by atoms with Gasteiger partial charge in [-0.1, -0.05) is 103 Å². The van der Waals surface area contributed by atoms with Crippen molar-refractivity contribution in [2.45, 2.75) is 0 Å². The fraction of sp³-hybridized carbons (Fsp3) is 0. The summed E-state index contributed by atoms with van der Waals surface area (Å²) in [5.41, 5.74) is 6.84. The highest BCUT2D eigenvalue weighted by molar-refractivity contribution is 6.21. The van der Waals surface area contributed by atoms with E-state index >= 15 is 0 Å². The normalized spacial score (nSPS) is 14.5. The second kappa shape index (κ2) is 9.22. The van der Waals surface area contributed by atoms with Gasteiger partial charge >= 0.3 is 0 Å². The number of furan rings is 1. The maximum Gasteiger partial charge on any atom is 0.160 e. The van der Waals surface area contributed by atoms with Crippen molar-refractivity contribution in [1.82, 2.24) is 9.13 Å². The van der Waals surface area contributed by atoms with Crippen molar-refractivity contribution < 1.29 is 15.4 Å². The molecule has 0 spiro atoms. The molecule has 0 atom stereocenters. The summed E-state index contributed by atoms with van der Waals surface area (Å²) >= 11 is 0. The zero-order valence-electron chi connectivity index (χ0n) is 31.7. The molecule has 0 amide bonds. The Balaban J connectivity index is 1.23. The molecule has 7 aromatic carbocycles. The Kier molecular flexibility index (Phi) is 3.67. The number of aromatic nitrogens is 2. The molecule has 0 N–H and O–H groups in total. The van der Waals surface area contributed by atoms with Gasteiger partial charge in [0.1, 0.15) is 5.58 Å². The molecule has 0 saturated carbocycles. The minimum atomic E-state index is -0.468. The third-order valence-corrected chi connectivity index (χ3v) is 8.75. The maximum atomic E-state index is 8.91. The molecule has 10 rings (SSSR count). The van der Waals surface area contributed by atoms with Gasteiger partial charge in [0, 0.05) is 43.7 Å². The van der Waals surface area contributed by atoms with Gasteiger partial charge < -0.3 is 13.6 Å². The average molecular weight is 583 g/mol. The van der Waals surface area contributed by atoms with E-state index in [1.807, 2.05) is 60.7 Å². The Morgan fingerprint density at radius 1 is 0.444 bits per heavy atom. The molecule has 0 unspecified atom stereocenters. The van der Waals surface area contributed by atoms with Crippen LogP contribution in [0.25, 0.3) is 88.1 Å². The summed E-state index contributed by atoms with van der Waals surface area (Å²) in [5.74, 6) is 0. The van der Waals surface area contributed by atoms with Crippen LogP contribution in [0.4, 0.5) is 0 Å². The van der Waals surface area contributed by atoms with Gasteiger partial charge in [0.15, 0.2) is 5.58 Å². The molecular weight excluding hydrogens is 548 g/mol. The third kappa shape index (κ3) is 3.46. The predicted octanol–water partition coefficient (Wildman–Crippen LogP) is 11.4. The molecule has 10 aromatic rings. The number of fused-ring (bicyclic) bond motifs is 10. The molecule has 0 saturated heterocycles. The SMILES string of the molecule is [2H]c1c([2H])c([2H])c2c(c1[2H])c1c([2H])c([2H])c([2H])c([2H])c1n2-c1cccc(-c2cccc(-n3c4ccccc4c4ccc5c6ccccc6oc5c43)c2)c1. The van der Waals surface area contributed by atoms with E-state index in [2.05, 4.69) is 47.0 Å². The number of hydrogen-bond donors (Lipinski definition) is 0. The number of para-hydroxylation sites is 4. The quantitative estimate of drug-likeness (QED) is 0.203. The van der Waals surface area contributed by atoms with Crippen molar-refractivity contribution in [3.8, 4) is 22.5 Å². The summed E-state index contributed by atoms with van der Waals surface area (Å²) in [6.07, 6.45) is 0. The average Bonchev–Trinajstić information content (AvgIpc) is 3.86. The van der Waals surface area contributed by atoms with Gasteiger partial charge in [-0.25, -0.2) is 0 Å². The van der Waals surface area contributed by atoms with Gasteiger partial charge in [-0.05, 0) is 65.7 Å². The van der Waals surface area contributed by atoms with Crippen molar-refractivity contribution in [2.24, 2.45) is 0 Å². The van der Waals surface area contributed by atoms with Crippen molar-refractivity contribution in [3.05, 3.63) is 158 Å². The molecule has 3 heterocycles. The molecule has 0 aliphatic carbocycles. The number of benzene rings is 7. The van der Waals surface area contributed by atoms with Crippen LogP contribution in [0.2, 0.25) is 0 Å². The van der Waals surface area contributed by atoms with Crippen LogP contribution >= 0.6 is 0 Å². The van der Waals surface area contributed by atoms with E-state index < -0.39 is 24.2 Å². The van der Waals surface area contributed by atoms with Gasteiger partial charge in [-0.15, -0.1) is 0 Å².